The van der Waals surface area contributed by atoms with Crippen molar-refractivity contribution in [2.75, 3.05) is 27.4 Å². The second kappa shape index (κ2) is 14.1. The number of hydrogen-bond donors (Lipinski definition) is 2. The van der Waals surface area contributed by atoms with E-state index in [0.717, 1.165) is 35.4 Å². The molecule has 0 bridgehead atoms. The van der Waals surface area contributed by atoms with Crippen LogP contribution in [0.4, 0.5) is 18.4 Å². The predicted octanol–water partition coefficient (Wildman–Crippen LogP) is 3.89. The Morgan fingerprint density at radius 2 is 1.85 bits per heavy atom. The van der Waals surface area contributed by atoms with Crippen molar-refractivity contribution in [3.63, 3.8) is 0 Å². The summed E-state index contributed by atoms with van der Waals surface area (Å²) in [7, 11) is 2.48. The summed E-state index contributed by atoms with van der Waals surface area (Å²) < 4.78 is 39.8. The van der Waals surface area contributed by atoms with Gasteiger partial charge < -0.3 is 20.1 Å². The van der Waals surface area contributed by atoms with E-state index in [4.69, 9.17) is 9.47 Å². The van der Waals surface area contributed by atoms with E-state index in [1.165, 1.54) is 13.2 Å². The summed E-state index contributed by atoms with van der Waals surface area (Å²) in [5, 5.41) is 5.15. The minimum Gasteiger partial charge on any atom is -0.466 e. The monoisotopic (exact) mass is 568 g/mol. The predicted molar refractivity (Wildman–Crippen MR) is 145 cm³/mol. The van der Waals surface area contributed by atoms with Gasteiger partial charge >= 0.3 is 18.0 Å². The van der Waals surface area contributed by atoms with E-state index in [2.05, 4.69) is 15.6 Å². The molecule has 4 rings (SSSR count). The van der Waals surface area contributed by atoms with Crippen LogP contribution in [-0.4, -0.2) is 55.3 Å². The van der Waals surface area contributed by atoms with Crippen LogP contribution in [0.3, 0.4) is 0 Å². The van der Waals surface area contributed by atoms with Crippen LogP contribution in [0.5, 0.6) is 0 Å². The van der Waals surface area contributed by atoms with Gasteiger partial charge in [-0.3, -0.25) is 4.98 Å². The fourth-order valence-corrected chi connectivity index (χ4v) is 4.33. The van der Waals surface area contributed by atoms with Crippen LogP contribution in [0.15, 0.2) is 78.4 Å². The summed E-state index contributed by atoms with van der Waals surface area (Å²) in [6, 6.07) is 9.33. The van der Waals surface area contributed by atoms with Crippen molar-refractivity contribution in [3.05, 3.63) is 95.6 Å². The van der Waals surface area contributed by atoms with E-state index in [0.29, 0.717) is 13.0 Å². The van der Waals surface area contributed by atoms with Gasteiger partial charge in [-0.1, -0.05) is 19.6 Å². The number of amides is 4. The van der Waals surface area contributed by atoms with Crippen LogP contribution in [0, 0.1) is 11.6 Å². The van der Waals surface area contributed by atoms with Gasteiger partial charge in [-0.2, -0.15) is 0 Å². The van der Waals surface area contributed by atoms with Crippen LogP contribution in [0.1, 0.15) is 25.5 Å². The molecule has 3 aromatic rings. The first-order chi connectivity index (χ1) is 19.3. The molecule has 216 valence electrons. The number of methoxy groups -OCH3 is 2. The molecule has 12 heteroatoms. The lowest BCUT2D eigenvalue weighted by molar-refractivity contribution is -0.697. The van der Waals surface area contributed by atoms with Crippen LogP contribution in [0.25, 0.3) is 11.3 Å². The normalized spacial score (nSPS) is 14.7. The number of carbonyl (C=O) groups excluding carboxylic acids is 3. The number of halogens is 2. The van der Waals surface area contributed by atoms with E-state index < -0.39 is 35.7 Å². The number of imide groups is 1. The Kier molecular flexibility index (Phi) is 10.6. The molecule has 1 aliphatic rings. The fourth-order valence-electron chi connectivity index (χ4n) is 4.33. The highest BCUT2D eigenvalue weighted by molar-refractivity contribution is 6.01. The Morgan fingerprint density at radius 3 is 2.49 bits per heavy atom. The van der Waals surface area contributed by atoms with Crippen molar-refractivity contribution in [1.82, 2.24) is 20.5 Å². The molecule has 0 spiro atoms. The average molecular weight is 569 g/mol. The maximum atomic E-state index is 14.2. The molecular formula is C29H32F2N5O5+. The first kappa shape index (κ1) is 30.8. The first-order valence-electron chi connectivity index (χ1n) is 12.4. The zero-order valence-corrected chi connectivity index (χ0v) is 21.9. The number of nitrogens with one attached hydrogen (secondary N) is 2. The SMILES string of the molecule is C.COCC1=C(C(=O)OC)C(c2ccc(F)c(F)c2)N(C(=O)NCCC[n+]2ccc(-c3ccccn3)cc2)C(=O)N1. The molecule has 3 heterocycles. The standard InChI is InChI=1S/C28H27F2N5O5.CH4/c1-39-17-23-24(26(36)40-2)25(19-7-8-20(29)21(30)16-19)35(28(38)33-23)27(37)32-12-5-13-34-14-9-18(10-15-34)22-6-3-4-11-31-22;/h3-4,6-11,14-16,25H,5,12-13,17H2,1-2H3,(H-,32,33,36,37,38);1H4/p+1. The number of ether oxygens (including phenoxy) is 2. The number of nitrogens with zero attached hydrogens (tertiary/aromatic N) is 3. The van der Waals surface area contributed by atoms with Gasteiger partial charge in [0.1, 0.15) is 12.6 Å². The quantitative estimate of drug-likeness (QED) is 0.230. The largest absolute Gasteiger partial charge is 0.466 e. The molecule has 1 atom stereocenters. The molecule has 0 saturated heterocycles. The van der Waals surface area contributed by atoms with Crippen LogP contribution in [-0.2, 0) is 20.8 Å². The fraction of sp³-hybridized carbons (Fsp3) is 0.276. The molecule has 1 aromatic carbocycles. The minimum absolute atomic E-state index is 0. The molecule has 0 fully saturated rings. The van der Waals surface area contributed by atoms with E-state index in [-0.39, 0.29) is 37.4 Å². The third kappa shape index (κ3) is 7.09. The third-order valence-corrected chi connectivity index (χ3v) is 6.23. The second-order valence-corrected chi connectivity index (χ2v) is 8.82. The summed E-state index contributed by atoms with van der Waals surface area (Å²) in [5.41, 5.74) is 1.72. The van der Waals surface area contributed by atoms with Gasteiger partial charge in [-0.25, -0.2) is 32.6 Å². The van der Waals surface area contributed by atoms with Crippen molar-refractivity contribution < 1.29 is 37.2 Å². The smallest absolute Gasteiger partial charge is 0.338 e. The number of aromatic nitrogens is 2. The lowest BCUT2D eigenvalue weighted by atomic mass is 9.93. The summed E-state index contributed by atoms with van der Waals surface area (Å²) in [6.07, 6.45) is 6.03. The van der Waals surface area contributed by atoms with Crippen LogP contribution < -0.4 is 15.2 Å². The molecule has 0 radical (unpaired) electrons. The van der Waals surface area contributed by atoms with Gasteiger partial charge in [0.25, 0.3) is 0 Å². The molecular weight excluding hydrogens is 536 g/mol. The maximum absolute atomic E-state index is 14.2. The maximum Gasteiger partial charge on any atom is 0.338 e. The van der Waals surface area contributed by atoms with Crippen molar-refractivity contribution in [2.24, 2.45) is 0 Å². The average Bonchev–Trinajstić information content (AvgIpc) is 2.97. The second-order valence-electron chi connectivity index (χ2n) is 8.82. The molecule has 2 N–H and O–H groups in total. The molecule has 10 nitrogen and oxygen atoms in total. The number of urea groups is 2. The Hall–Kier alpha value is -4.71. The molecule has 4 amide bonds. The molecule has 41 heavy (non-hydrogen) atoms. The number of pyridine rings is 2. The number of carbonyl (C=O) groups is 3. The van der Waals surface area contributed by atoms with Gasteiger partial charge in [0.2, 0.25) is 0 Å². The number of aryl methyl sites for hydroxylation is 1. The molecule has 1 unspecified atom stereocenters. The summed E-state index contributed by atoms with van der Waals surface area (Å²) >= 11 is 0. The van der Waals surface area contributed by atoms with Crippen molar-refractivity contribution in [2.45, 2.75) is 26.4 Å². The molecule has 2 aromatic heterocycles. The van der Waals surface area contributed by atoms with Crippen LogP contribution >= 0.6 is 0 Å². The Labute approximate surface area is 236 Å². The van der Waals surface area contributed by atoms with E-state index in [1.807, 2.05) is 47.3 Å². The zero-order chi connectivity index (χ0) is 28.6. The third-order valence-electron chi connectivity index (χ3n) is 6.23. The Morgan fingerprint density at radius 1 is 1.10 bits per heavy atom. The van der Waals surface area contributed by atoms with Crippen molar-refractivity contribution in [3.8, 4) is 11.3 Å². The van der Waals surface area contributed by atoms with Gasteiger partial charge in [-0.05, 0) is 29.8 Å². The van der Waals surface area contributed by atoms with Crippen LogP contribution in [0.2, 0.25) is 0 Å². The zero-order valence-electron chi connectivity index (χ0n) is 21.9. The Balaban J connectivity index is 0.00000462. The molecule has 1 aliphatic heterocycles. The van der Waals surface area contributed by atoms with Gasteiger partial charge in [0.05, 0.1) is 30.7 Å². The highest BCUT2D eigenvalue weighted by atomic mass is 19.2. The molecule has 0 saturated carbocycles. The van der Waals surface area contributed by atoms with E-state index >= 15 is 0 Å². The van der Waals surface area contributed by atoms with E-state index in [9.17, 15) is 23.2 Å². The van der Waals surface area contributed by atoms with E-state index in [1.54, 1.807) is 6.20 Å². The lowest BCUT2D eigenvalue weighted by Gasteiger charge is -2.36. The highest BCUT2D eigenvalue weighted by Crippen LogP contribution is 2.35. The Bertz CT molecular complexity index is 1420. The van der Waals surface area contributed by atoms with Gasteiger partial charge in [-0.15, -0.1) is 0 Å². The van der Waals surface area contributed by atoms with Gasteiger partial charge in [0.15, 0.2) is 24.0 Å². The summed E-state index contributed by atoms with van der Waals surface area (Å²) in [4.78, 5) is 44.1. The molecule has 0 aliphatic carbocycles. The minimum atomic E-state index is -1.39. The number of rotatable bonds is 9. The lowest BCUT2D eigenvalue weighted by Crippen LogP contribution is -2.55. The highest BCUT2D eigenvalue weighted by Gasteiger charge is 2.43. The summed E-state index contributed by atoms with van der Waals surface area (Å²) in [6.45, 7) is 0.555. The number of hydrogen-bond acceptors (Lipinski definition) is 6. The summed E-state index contributed by atoms with van der Waals surface area (Å²) in [5.74, 6) is -3.19. The van der Waals surface area contributed by atoms with Crippen molar-refractivity contribution >= 4 is 18.0 Å². The van der Waals surface area contributed by atoms with Gasteiger partial charge in [0, 0.05) is 44.0 Å². The number of esters is 1. The van der Waals surface area contributed by atoms with Crippen molar-refractivity contribution in [1.29, 1.82) is 0 Å². The number of benzene rings is 1. The topological polar surface area (TPSA) is 114 Å². The first-order valence-corrected chi connectivity index (χ1v) is 12.4.